The predicted octanol–water partition coefficient (Wildman–Crippen LogP) is 2.62. The first-order chi connectivity index (χ1) is 8.18. The van der Waals surface area contributed by atoms with E-state index in [1.54, 1.807) is 0 Å². The summed E-state index contributed by atoms with van der Waals surface area (Å²) < 4.78 is 0. The number of aliphatic hydroxyl groups excluding tert-OH is 1. The Kier molecular flexibility index (Phi) is 4.13. The van der Waals surface area contributed by atoms with Crippen LogP contribution in [0.25, 0.3) is 0 Å². The molecule has 0 aromatic heterocycles. The molecule has 17 heavy (non-hydrogen) atoms. The van der Waals surface area contributed by atoms with Gasteiger partial charge in [0.05, 0.1) is 12.1 Å². The van der Waals surface area contributed by atoms with Crippen molar-refractivity contribution in [2.24, 2.45) is 5.92 Å². The van der Waals surface area contributed by atoms with Crippen LogP contribution in [-0.2, 0) is 5.54 Å². The standard InChI is InChI=1S/C14H21NOS/c1-11(2)9-15-14(10-16)7-8-17-13-6-4-3-5-12(13)14/h3-6,11,15-16H,7-10H2,1-2H3. The van der Waals surface area contributed by atoms with E-state index in [4.69, 9.17) is 0 Å². The molecule has 1 aromatic rings. The minimum atomic E-state index is -0.230. The fourth-order valence-electron chi connectivity index (χ4n) is 2.26. The van der Waals surface area contributed by atoms with Gasteiger partial charge in [-0.05, 0) is 30.5 Å². The molecule has 1 aliphatic heterocycles. The Morgan fingerprint density at radius 3 is 2.88 bits per heavy atom. The smallest absolute Gasteiger partial charge is 0.0688 e. The van der Waals surface area contributed by atoms with Gasteiger partial charge in [-0.1, -0.05) is 32.0 Å². The molecule has 0 fully saturated rings. The van der Waals surface area contributed by atoms with Crippen LogP contribution in [0.15, 0.2) is 29.2 Å². The average Bonchev–Trinajstić information content (AvgIpc) is 2.36. The average molecular weight is 251 g/mol. The second kappa shape index (κ2) is 5.42. The molecule has 0 saturated heterocycles. The molecule has 3 heteroatoms. The van der Waals surface area contributed by atoms with Gasteiger partial charge in [-0.15, -0.1) is 11.8 Å². The third-order valence-electron chi connectivity index (χ3n) is 3.31. The van der Waals surface area contributed by atoms with Crippen molar-refractivity contribution in [1.82, 2.24) is 5.32 Å². The Labute approximate surface area is 108 Å². The Bertz CT molecular complexity index is 380. The van der Waals surface area contributed by atoms with Gasteiger partial charge >= 0.3 is 0 Å². The largest absolute Gasteiger partial charge is 0.394 e. The van der Waals surface area contributed by atoms with Crippen molar-refractivity contribution < 1.29 is 5.11 Å². The minimum Gasteiger partial charge on any atom is -0.394 e. The van der Waals surface area contributed by atoms with Crippen molar-refractivity contribution in [3.05, 3.63) is 29.8 Å². The molecule has 2 N–H and O–H groups in total. The highest BCUT2D eigenvalue weighted by molar-refractivity contribution is 7.99. The number of hydrogen-bond acceptors (Lipinski definition) is 3. The van der Waals surface area contributed by atoms with Crippen molar-refractivity contribution in [1.29, 1.82) is 0 Å². The Morgan fingerprint density at radius 1 is 1.41 bits per heavy atom. The van der Waals surface area contributed by atoms with E-state index < -0.39 is 0 Å². The van der Waals surface area contributed by atoms with Crippen molar-refractivity contribution >= 4 is 11.8 Å². The van der Waals surface area contributed by atoms with E-state index in [1.165, 1.54) is 10.5 Å². The van der Waals surface area contributed by atoms with Crippen molar-refractivity contribution in [2.45, 2.75) is 30.7 Å². The summed E-state index contributed by atoms with van der Waals surface area (Å²) in [4.78, 5) is 1.31. The van der Waals surface area contributed by atoms with Crippen LogP contribution < -0.4 is 5.32 Å². The van der Waals surface area contributed by atoms with E-state index in [9.17, 15) is 5.11 Å². The summed E-state index contributed by atoms with van der Waals surface area (Å²) >= 11 is 1.89. The van der Waals surface area contributed by atoms with Gasteiger partial charge in [-0.3, -0.25) is 0 Å². The van der Waals surface area contributed by atoms with Gasteiger partial charge in [0, 0.05) is 10.6 Å². The molecule has 0 radical (unpaired) electrons. The SMILES string of the molecule is CC(C)CNC1(CO)CCSc2ccccc21. The van der Waals surface area contributed by atoms with Crippen LogP contribution in [0.2, 0.25) is 0 Å². The number of benzene rings is 1. The molecule has 0 aliphatic carbocycles. The molecular formula is C14H21NOS. The molecule has 1 unspecified atom stereocenters. The molecule has 0 spiro atoms. The van der Waals surface area contributed by atoms with Crippen LogP contribution in [0.4, 0.5) is 0 Å². The van der Waals surface area contributed by atoms with Gasteiger partial charge < -0.3 is 10.4 Å². The maximum Gasteiger partial charge on any atom is 0.0688 e. The third kappa shape index (κ3) is 2.67. The quantitative estimate of drug-likeness (QED) is 0.863. The van der Waals surface area contributed by atoms with Gasteiger partial charge in [0.1, 0.15) is 0 Å². The van der Waals surface area contributed by atoms with Crippen molar-refractivity contribution in [3.8, 4) is 0 Å². The van der Waals surface area contributed by atoms with Crippen LogP contribution in [-0.4, -0.2) is 24.0 Å². The van der Waals surface area contributed by atoms with E-state index >= 15 is 0 Å². The maximum absolute atomic E-state index is 9.83. The van der Waals surface area contributed by atoms with Crippen LogP contribution in [0.1, 0.15) is 25.8 Å². The predicted molar refractivity (Wildman–Crippen MR) is 73.4 cm³/mol. The zero-order valence-corrected chi connectivity index (χ0v) is 11.4. The third-order valence-corrected chi connectivity index (χ3v) is 4.38. The lowest BCUT2D eigenvalue weighted by Crippen LogP contribution is -2.49. The number of fused-ring (bicyclic) bond motifs is 1. The summed E-state index contributed by atoms with van der Waals surface area (Å²) in [5.74, 6) is 1.67. The second-order valence-corrected chi connectivity index (χ2v) is 6.25. The minimum absolute atomic E-state index is 0.178. The molecule has 1 heterocycles. The maximum atomic E-state index is 9.83. The molecule has 2 rings (SSSR count). The first-order valence-corrected chi connectivity index (χ1v) is 7.25. The lowest BCUT2D eigenvalue weighted by Gasteiger charge is -2.39. The molecule has 94 valence electrons. The number of aliphatic hydroxyl groups is 1. The molecule has 1 aliphatic rings. The highest BCUT2D eigenvalue weighted by Crippen LogP contribution is 2.39. The summed E-state index contributed by atoms with van der Waals surface area (Å²) in [5, 5.41) is 13.4. The fourth-order valence-corrected chi connectivity index (χ4v) is 3.53. The highest BCUT2D eigenvalue weighted by atomic mass is 32.2. The molecule has 1 aromatic carbocycles. The van der Waals surface area contributed by atoms with E-state index in [0.29, 0.717) is 5.92 Å². The fraction of sp³-hybridized carbons (Fsp3) is 0.571. The molecule has 0 amide bonds. The number of rotatable bonds is 4. The molecule has 2 nitrogen and oxygen atoms in total. The normalized spacial score (nSPS) is 23.8. The topological polar surface area (TPSA) is 32.3 Å². The van der Waals surface area contributed by atoms with Crippen molar-refractivity contribution in [2.75, 3.05) is 18.9 Å². The van der Waals surface area contributed by atoms with Crippen LogP contribution in [0, 0.1) is 5.92 Å². The Morgan fingerprint density at radius 2 is 2.18 bits per heavy atom. The van der Waals surface area contributed by atoms with E-state index in [-0.39, 0.29) is 12.1 Å². The molecular weight excluding hydrogens is 230 g/mol. The summed E-state index contributed by atoms with van der Waals surface area (Å²) in [6.07, 6.45) is 0.998. The van der Waals surface area contributed by atoms with Gasteiger partial charge in [-0.2, -0.15) is 0 Å². The summed E-state index contributed by atoms with van der Waals surface area (Å²) in [6, 6.07) is 8.43. The summed E-state index contributed by atoms with van der Waals surface area (Å²) in [6.45, 7) is 5.51. The second-order valence-electron chi connectivity index (χ2n) is 5.11. The van der Waals surface area contributed by atoms with E-state index in [0.717, 1.165) is 18.7 Å². The zero-order chi connectivity index (χ0) is 12.3. The lowest BCUT2D eigenvalue weighted by molar-refractivity contribution is 0.149. The number of thioether (sulfide) groups is 1. The molecule has 0 bridgehead atoms. The first-order valence-electron chi connectivity index (χ1n) is 6.26. The van der Waals surface area contributed by atoms with E-state index in [1.807, 2.05) is 11.8 Å². The lowest BCUT2D eigenvalue weighted by atomic mass is 9.87. The van der Waals surface area contributed by atoms with Gasteiger partial charge in [0.15, 0.2) is 0 Å². The van der Waals surface area contributed by atoms with Crippen molar-refractivity contribution in [3.63, 3.8) is 0 Å². The number of hydrogen-bond donors (Lipinski definition) is 2. The highest BCUT2D eigenvalue weighted by Gasteiger charge is 2.35. The number of nitrogens with one attached hydrogen (secondary N) is 1. The first kappa shape index (κ1) is 12.9. The van der Waals surface area contributed by atoms with Gasteiger partial charge in [0.2, 0.25) is 0 Å². The Balaban J connectivity index is 2.28. The van der Waals surface area contributed by atoms with Gasteiger partial charge in [0.25, 0.3) is 0 Å². The Hall–Kier alpha value is -0.510. The summed E-state index contributed by atoms with van der Waals surface area (Å²) in [7, 11) is 0. The molecule has 1 atom stereocenters. The van der Waals surface area contributed by atoms with Crippen LogP contribution >= 0.6 is 11.8 Å². The summed E-state index contributed by atoms with van der Waals surface area (Å²) in [5.41, 5.74) is 1.03. The monoisotopic (exact) mass is 251 g/mol. The van der Waals surface area contributed by atoms with Gasteiger partial charge in [-0.25, -0.2) is 0 Å². The van der Waals surface area contributed by atoms with Crippen LogP contribution in [0.5, 0.6) is 0 Å². The molecule has 0 saturated carbocycles. The van der Waals surface area contributed by atoms with E-state index in [2.05, 4.69) is 43.4 Å². The zero-order valence-electron chi connectivity index (χ0n) is 10.6. The van der Waals surface area contributed by atoms with Crippen LogP contribution in [0.3, 0.4) is 0 Å².